The van der Waals surface area contributed by atoms with Crippen molar-refractivity contribution in [2.75, 3.05) is 26.4 Å². The maximum absolute atomic E-state index is 12.6. The van der Waals surface area contributed by atoms with Gasteiger partial charge in [0, 0.05) is 19.4 Å². The van der Waals surface area contributed by atoms with Crippen molar-refractivity contribution in [2.45, 2.75) is 225 Å². The number of unbranched alkanes of at least 4 members (excludes halogenated alkanes) is 23. The van der Waals surface area contributed by atoms with Gasteiger partial charge in [-0.3, -0.25) is 18.6 Å². The van der Waals surface area contributed by atoms with Crippen molar-refractivity contribution in [2.24, 2.45) is 5.73 Å². The molecular formula is C51H92NO8P. The van der Waals surface area contributed by atoms with E-state index in [0.717, 1.165) is 70.6 Å². The number of nitrogens with two attached hydrogens (primary N) is 1. The third-order valence-corrected chi connectivity index (χ3v) is 11.4. The van der Waals surface area contributed by atoms with Gasteiger partial charge in [-0.05, 0) is 57.8 Å². The van der Waals surface area contributed by atoms with Gasteiger partial charge in [-0.15, -0.1) is 0 Å². The Morgan fingerprint density at radius 3 is 1.34 bits per heavy atom. The molecule has 0 aliphatic rings. The van der Waals surface area contributed by atoms with Gasteiger partial charge in [0.25, 0.3) is 0 Å². The lowest BCUT2D eigenvalue weighted by atomic mass is 10.0. The first kappa shape index (κ1) is 58.7. The van der Waals surface area contributed by atoms with Crippen LogP contribution in [-0.2, 0) is 32.7 Å². The molecule has 0 radical (unpaired) electrons. The Hall–Kier alpha value is -2.29. The Bertz CT molecular complexity index is 1180. The third kappa shape index (κ3) is 47.0. The summed E-state index contributed by atoms with van der Waals surface area (Å²) in [6.45, 7) is 3.60. The van der Waals surface area contributed by atoms with Crippen molar-refractivity contribution in [3.8, 4) is 0 Å². The highest BCUT2D eigenvalue weighted by Crippen LogP contribution is 2.43. The van der Waals surface area contributed by atoms with Crippen molar-refractivity contribution in [1.29, 1.82) is 0 Å². The Balaban J connectivity index is 4.11. The summed E-state index contributed by atoms with van der Waals surface area (Å²) in [5.74, 6) is -0.861. The van der Waals surface area contributed by atoms with E-state index in [0.29, 0.717) is 6.42 Å². The molecule has 10 heteroatoms. The molecule has 61 heavy (non-hydrogen) atoms. The SMILES string of the molecule is CCC=CCC=CCC=CCC=CCC=CCCCCCC(=O)O[C@H](COC(=O)CCCCCCCCCCCCCCCCCCCCCCC)COP(=O)(O)OCCN. The van der Waals surface area contributed by atoms with Gasteiger partial charge in [-0.2, -0.15) is 0 Å². The number of rotatable bonds is 46. The monoisotopic (exact) mass is 878 g/mol. The Morgan fingerprint density at radius 1 is 0.508 bits per heavy atom. The van der Waals surface area contributed by atoms with Crippen LogP contribution >= 0.6 is 7.82 Å². The highest BCUT2D eigenvalue weighted by atomic mass is 31.2. The van der Waals surface area contributed by atoms with Gasteiger partial charge in [0.15, 0.2) is 6.10 Å². The lowest BCUT2D eigenvalue weighted by Crippen LogP contribution is -2.29. The molecule has 0 saturated heterocycles. The minimum absolute atomic E-state index is 0.0462. The highest BCUT2D eigenvalue weighted by Gasteiger charge is 2.26. The second-order valence-electron chi connectivity index (χ2n) is 16.3. The van der Waals surface area contributed by atoms with Crippen molar-refractivity contribution in [3.05, 3.63) is 60.8 Å². The molecule has 0 fully saturated rings. The van der Waals surface area contributed by atoms with Gasteiger partial charge in [0.05, 0.1) is 13.2 Å². The Morgan fingerprint density at radius 2 is 0.902 bits per heavy atom. The van der Waals surface area contributed by atoms with Crippen LogP contribution in [0, 0.1) is 0 Å². The van der Waals surface area contributed by atoms with Crippen molar-refractivity contribution < 1.29 is 37.6 Å². The van der Waals surface area contributed by atoms with Gasteiger partial charge in [-0.1, -0.05) is 209 Å². The summed E-state index contributed by atoms with van der Waals surface area (Å²) in [6, 6.07) is 0. The number of hydrogen-bond donors (Lipinski definition) is 2. The number of phosphoric acid groups is 1. The zero-order valence-electron chi connectivity index (χ0n) is 39.1. The van der Waals surface area contributed by atoms with Crippen LogP contribution in [0.4, 0.5) is 0 Å². The molecule has 9 nitrogen and oxygen atoms in total. The van der Waals surface area contributed by atoms with E-state index in [1.807, 2.05) is 0 Å². The van der Waals surface area contributed by atoms with Crippen LogP contribution in [-0.4, -0.2) is 49.3 Å². The number of phosphoric ester groups is 1. The number of ether oxygens (including phenoxy) is 2. The zero-order valence-corrected chi connectivity index (χ0v) is 40.0. The van der Waals surface area contributed by atoms with Crippen molar-refractivity contribution in [1.82, 2.24) is 0 Å². The molecule has 0 heterocycles. The van der Waals surface area contributed by atoms with Crippen LogP contribution in [0.1, 0.15) is 219 Å². The molecule has 0 aliphatic heterocycles. The molecule has 1 unspecified atom stereocenters. The Kier molecular flexibility index (Phi) is 45.4. The zero-order chi connectivity index (χ0) is 44.6. The summed E-state index contributed by atoms with van der Waals surface area (Å²) in [7, 11) is -4.39. The molecular weight excluding hydrogens is 786 g/mol. The summed E-state index contributed by atoms with van der Waals surface area (Å²) in [4.78, 5) is 35.0. The fraction of sp³-hybridized carbons (Fsp3) is 0.765. The normalized spacial score (nSPS) is 13.7. The maximum Gasteiger partial charge on any atom is 0.472 e. The summed E-state index contributed by atoms with van der Waals surface area (Å²) < 4.78 is 32.9. The lowest BCUT2D eigenvalue weighted by molar-refractivity contribution is -0.161. The first-order chi connectivity index (χ1) is 29.8. The van der Waals surface area contributed by atoms with E-state index in [4.69, 9.17) is 24.3 Å². The van der Waals surface area contributed by atoms with E-state index < -0.39 is 26.5 Å². The molecule has 0 aromatic heterocycles. The highest BCUT2D eigenvalue weighted by molar-refractivity contribution is 7.47. The van der Waals surface area contributed by atoms with Crippen molar-refractivity contribution in [3.63, 3.8) is 0 Å². The molecule has 0 spiro atoms. The van der Waals surface area contributed by atoms with Crippen LogP contribution in [0.5, 0.6) is 0 Å². The van der Waals surface area contributed by atoms with Crippen LogP contribution in [0.25, 0.3) is 0 Å². The van der Waals surface area contributed by atoms with Gasteiger partial charge in [-0.25, -0.2) is 4.57 Å². The van der Waals surface area contributed by atoms with Gasteiger partial charge >= 0.3 is 19.8 Å². The number of allylic oxidation sites excluding steroid dienone is 10. The molecule has 3 N–H and O–H groups in total. The van der Waals surface area contributed by atoms with E-state index in [-0.39, 0.29) is 38.6 Å². The number of esters is 2. The fourth-order valence-electron chi connectivity index (χ4n) is 6.78. The van der Waals surface area contributed by atoms with Gasteiger partial charge in [0.1, 0.15) is 6.61 Å². The molecule has 0 aliphatic carbocycles. The topological polar surface area (TPSA) is 134 Å². The predicted octanol–water partition coefficient (Wildman–Crippen LogP) is 14.8. The first-order valence-electron chi connectivity index (χ1n) is 24.8. The second kappa shape index (κ2) is 47.2. The van der Waals surface area contributed by atoms with E-state index >= 15 is 0 Å². The molecule has 354 valence electrons. The summed E-state index contributed by atoms with van der Waals surface area (Å²) in [5, 5.41) is 0. The predicted molar refractivity (Wildman–Crippen MR) is 256 cm³/mol. The largest absolute Gasteiger partial charge is 0.472 e. The summed E-state index contributed by atoms with van der Waals surface area (Å²) in [6.07, 6.45) is 56.9. The molecule has 0 aromatic rings. The van der Waals surface area contributed by atoms with Crippen LogP contribution in [0.15, 0.2) is 60.8 Å². The maximum atomic E-state index is 12.6. The minimum Gasteiger partial charge on any atom is -0.462 e. The quantitative estimate of drug-likeness (QED) is 0.0265. The van der Waals surface area contributed by atoms with Gasteiger partial charge in [0.2, 0.25) is 0 Å². The summed E-state index contributed by atoms with van der Waals surface area (Å²) in [5.41, 5.74) is 5.36. The number of carbonyl (C=O) groups is 2. The third-order valence-electron chi connectivity index (χ3n) is 10.4. The molecule has 0 rings (SSSR count). The molecule has 0 aromatic carbocycles. The van der Waals surface area contributed by atoms with Crippen LogP contribution in [0.2, 0.25) is 0 Å². The smallest absolute Gasteiger partial charge is 0.462 e. The van der Waals surface area contributed by atoms with E-state index in [9.17, 15) is 19.0 Å². The molecule has 0 bridgehead atoms. The van der Waals surface area contributed by atoms with Crippen molar-refractivity contribution >= 4 is 19.8 Å². The summed E-state index contributed by atoms with van der Waals surface area (Å²) >= 11 is 0. The van der Waals surface area contributed by atoms with Gasteiger partial charge < -0.3 is 20.1 Å². The average molecular weight is 878 g/mol. The average Bonchev–Trinajstić information content (AvgIpc) is 3.25. The molecule has 0 amide bonds. The lowest BCUT2D eigenvalue weighted by Gasteiger charge is -2.19. The van der Waals surface area contributed by atoms with Crippen LogP contribution < -0.4 is 5.73 Å². The molecule has 0 saturated carbocycles. The number of hydrogen-bond acceptors (Lipinski definition) is 8. The van der Waals surface area contributed by atoms with Crippen LogP contribution in [0.3, 0.4) is 0 Å². The molecule has 2 atom stereocenters. The van der Waals surface area contributed by atoms with E-state index in [1.54, 1.807) is 0 Å². The van der Waals surface area contributed by atoms with E-state index in [2.05, 4.69) is 74.6 Å². The minimum atomic E-state index is -4.39. The fourth-order valence-corrected chi connectivity index (χ4v) is 7.55. The second-order valence-corrected chi connectivity index (χ2v) is 17.8. The Labute approximate surface area is 374 Å². The first-order valence-corrected chi connectivity index (χ1v) is 26.3. The standard InChI is InChI=1S/C51H92NO8P/c1-3-5-7-9-11-13-15-17-19-21-23-24-26-27-29-31-33-35-37-39-41-43-50(53)57-47-49(48-59-61(55,56)58-46-45-52)60-51(54)44-42-40-38-36-34-32-30-28-25-22-20-18-16-14-12-10-8-6-4-2/h6,8,12,14,18,20,25,28,32,34,49H,3-5,7,9-11,13,15-17,19,21-24,26-27,29-31,33,35-48,52H2,1-2H3,(H,55,56)/t49-/m1/s1. The number of carbonyl (C=O) groups excluding carboxylic acids is 2. The van der Waals surface area contributed by atoms with E-state index in [1.165, 1.54) is 116 Å².